The van der Waals surface area contributed by atoms with E-state index in [0.29, 0.717) is 0 Å². The van der Waals surface area contributed by atoms with Crippen molar-refractivity contribution in [3.05, 3.63) is 0 Å². The predicted molar refractivity (Wildman–Crippen MR) is 52.4 cm³/mol. The van der Waals surface area contributed by atoms with Gasteiger partial charge in [0.05, 0.1) is 0 Å². The highest BCUT2D eigenvalue weighted by molar-refractivity contribution is 7.85. The molecule has 0 bridgehead atoms. The number of phosphoric acid groups is 1. The normalized spacial score (nSPS) is 11.0. The van der Waals surface area contributed by atoms with Gasteiger partial charge in [-0.3, -0.25) is 4.55 Å². The van der Waals surface area contributed by atoms with Gasteiger partial charge in [-0.25, -0.2) is 4.57 Å². The van der Waals surface area contributed by atoms with E-state index in [1.54, 1.807) is 0 Å². The van der Waals surface area contributed by atoms with Crippen LogP contribution in [0.15, 0.2) is 0 Å². The lowest BCUT2D eigenvalue weighted by molar-refractivity contribution is 0.268. The second-order valence-corrected chi connectivity index (χ2v) is 4.36. The molecule has 0 spiro atoms. The molecule has 0 aromatic rings. The van der Waals surface area contributed by atoms with Crippen LogP contribution in [-0.4, -0.2) is 35.8 Å². The molecule has 0 aromatic carbocycles. The molecule has 0 heterocycles. The highest BCUT2D eigenvalue weighted by Gasteiger charge is 2.22. The van der Waals surface area contributed by atoms with E-state index in [0.717, 1.165) is 19.5 Å². The number of hydrogen-bond acceptors (Lipinski definition) is 7. The highest BCUT2D eigenvalue weighted by Crippen LogP contribution is 2.37. The molecule has 15 heavy (non-hydrogen) atoms. The molecule has 0 atom stereocenters. The van der Waals surface area contributed by atoms with E-state index in [4.69, 9.17) is 25.8 Å². The Bertz CT molecular complexity index is 271. The fourth-order valence-corrected chi connectivity index (χ4v) is 1.22. The van der Waals surface area contributed by atoms with Gasteiger partial charge in [0.2, 0.25) is 0 Å². The maximum atomic E-state index is 9.58. The van der Waals surface area contributed by atoms with Crippen molar-refractivity contribution >= 4 is 18.2 Å². The Balaban J connectivity index is -0.000000208. The lowest BCUT2D eigenvalue weighted by Gasteiger charge is -1.97. The molecular formula is C3H16N3O7PS. The molecule has 0 aliphatic carbocycles. The molecule has 0 radical (unpaired) electrons. The first-order valence-electron chi connectivity index (χ1n) is 3.26. The van der Waals surface area contributed by atoms with Crippen molar-refractivity contribution in [3.63, 3.8) is 0 Å². The van der Waals surface area contributed by atoms with Crippen molar-refractivity contribution in [2.45, 2.75) is 6.42 Å². The minimum atomic E-state index is -5.13. The van der Waals surface area contributed by atoms with Gasteiger partial charge in [-0.05, 0) is 19.5 Å². The van der Waals surface area contributed by atoms with Gasteiger partial charge in [0.25, 0.3) is 0 Å². The topological polar surface area (TPSA) is 208 Å². The van der Waals surface area contributed by atoms with Gasteiger partial charge >= 0.3 is 18.2 Å². The zero-order valence-electron chi connectivity index (χ0n) is 7.81. The summed E-state index contributed by atoms with van der Waals surface area (Å²) in [5.74, 6) is 0. The number of rotatable bonds is 4. The van der Waals surface area contributed by atoms with Crippen LogP contribution < -0.4 is 17.6 Å². The summed E-state index contributed by atoms with van der Waals surface area (Å²) in [6, 6.07) is 0. The van der Waals surface area contributed by atoms with Crippen molar-refractivity contribution in [2.75, 3.05) is 13.1 Å². The standard InChI is InChI=1S/C3H10N2.H3N.H3O7PS/c4-2-1-3-5;;1-8(2,3)7-9(4,5)6/h1-5H2;1H3;(H2,1,2,3)(H,4,5,6). The SMILES string of the molecule is N.NCCCN.O=P(O)(O)OS(=O)(=O)O. The summed E-state index contributed by atoms with van der Waals surface area (Å²) in [5, 5.41) is 0. The molecule has 12 heteroatoms. The van der Waals surface area contributed by atoms with E-state index >= 15 is 0 Å². The van der Waals surface area contributed by atoms with Crippen LogP contribution >= 0.6 is 7.82 Å². The van der Waals surface area contributed by atoms with Crippen LogP contribution in [0, 0.1) is 0 Å². The van der Waals surface area contributed by atoms with Gasteiger partial charge in [-0.15, -0.1) is 3.97 Å². The largest absolute Gasteiger partial charge is 0.486 e. The van der Waals surface area contributed by atoms with Crippen molar-refractivity contribution in [3.8, 4) is 0 Å². The Morgan fingerprint density at radius 1 is 1.20 bits per heavy atom. The summed E-state index contributed by atoms with van der Waals surface area (Å²) < 4.78 is 39.0. The van der Waals surface area contributed by atoms with Gasteiger partial charge < -0.3 is 27.4 Å². The average Bonchev–Trinajstić information content (AvgIpc) is 1.81. The Labute approximate surface area is 87.4 Å². The van der Waals surface area contributed by atoms with Crippen molar-refractivity contribution < 1.29 is 31.3 Å². The first-order valence-corrected chi connectivity index (χ1v) is 6.16. The molecule has 0 saturated heterocycles. The Kier molecular flexibility index (Phi) is 12.4. The molecule has 0 fully saturated rings. The first-order chi connectivity index (χ1) is 6.12. The first kappa shape index (κ1) is 20.3. The third-order valence-corrected chi connectivity index (χ3v) is 2.13. The lowest BCUT2D eigenvalue weighted by Crippen LogP contribution is -2.06. The monoisotopic (exact) mass is 269 g/mol. The molecule has 10 nitrogen and oxygen atoms in total. The molecule has 0 aliphatic rings. The van der Waals surface area contributed by atoms with E-state index < -0.39 is 18.2 Å². The molecule has 96 valence electrons. The Morgan fingerprint density at radius 3 is 1.53 bits per heavy atom. The molecular weight excluding hydrogens is 253 g/mol. The molecule has 0 amide bonds. The second kappa shape index (κ2) is 9.15. The van der Waals surface area contributed by atoms with Crippen LogP contribution in [0.4, 0.5) is 0 Å². The van der Waals surface area contributed by atoms with Crippen LogP contribution in [0.25, 0.3) is 0 Å². The second-order valence-electron chi connectivity index (χ2n) is 1.92. The van der Waals surface area contributed by atoms with Crippen molar-refractivity contribution in [1.82, 2.24) is 6.15 Å². The van der Waals surface area contributed by atoms with Crippen LogP contribution in [-0.2, 0) is 18.9 Å². The third kappa shape index (κ3) is 31.5. The fraction of sp³-hybridized carbons (Fsp3) is 1.00. The van der Waals surface area contributed by atoms with Gasteiger partial charge in [0.1, 0.15) is 0 Å². The molecule has 0 rings (SSSR count). The highest BCUT2D eigenvalue weighted by atomic mass is 32.3. The van der Waals surface area contributed by atoms with Gasteiger partial charge in [0.15, 0.2) is 0 Å². The van der Waals surface area contributed by atoms with Gasteiger partial charge in [0, 0.05) is 0 Å². The zero-order valence-corrected chi connectivity index (χ0v) is 9.52. The quantitative estimate of drug-likeness (QED) is 0.253. The predicted octanol–water partition coefficient (Wildman–Crippen LogP) is -1.65. The smallest absolute Gasteiger partial charge is 0.344 e. The molecule has 0 unspecified atom stereocenters. The summed E-state index contributed by atoms with van der Waals surface area (Å²) in [4.78, 5) is 15.4. The van der Waals surface area contributed by atoms with Crippen molar-refractivity contribution in [2.24, 2.45) is 11.5 Å². The zero-order chi connectivity index (χ0) is 11.8. The molecule has 0 saturated carbocycles. The molecule has 10 N–H and O–H groups in total. The summed E-state index contributed by atoms with van der Waals surface area (Å²) >= 11 is 0. The van der Waals surface area contributed by atoms with Crippen LogP contribution in [0.5, 0.6) is 0 Å². The minimum absolute atomic E-state index is 0. The summed E-state index contributed by atoms with van der Waals surface area (Å²) in [5.41, 5.74) is 10.1. The molecule has 0 aromatic heterocycles. The van der Waals surface area contributed by atoms with E-state index in [-0.39, 0.29) is 6.15 Å². The summed E-state index contributed by atoms with van der Waals surface area (Å²) in [6.07, 6.45) is 0.944. The van der Waals surface area contributed by atoms with Crippen LogP contribution in [0.2, 0.25) is 0 Å². The Morgan fingerprint density at radius 2 is 1.53 bits per heavy atom. The maximum Gasteiger partial charge on any atom is 0.486 e. The average molecular weight is 269 g/mol. The Hall–Kier alpha value is -0.100. The number of hydrogen-bond donors (Lipinski definition) is 6. The van der Waals surface area contributed by atoms with E-state index in [1.165, 1.54) is 0 Å². The van der Waals surface area contributed by atoms with Crippen molar-refractivity contribution in [1.29, 1.82) is 0 Å². The van der Waals surface area contributed by atoms with Gasteiger partial charge in [-0.1, -0.05) is 0 Å². The molecule has 0 aliphatic heterocycles. The third-order valence-electron chi connectivity index (χ3n) is 0.600. The minimum Gasteiger partial charge on any atom is -0.344 e. The number of nitrogens with two attached hydrogens (primary N) is 2. The van der Waals surface area contributed by atoms with E-state index in [1.807, 2.05) is 0 Å². The summed E-state index contributed by atoms with van der Waals surface area (Å²) in [6.45, 7) is 1.44. The maximum absolute atomic E-state index is 9.58. The lowest BCUT2D eigenvalue weighted by atomic mass is 10.4. The van der Waals surface area contributed by atoms with E-state index in [2.05, 4.69) is 3.97 Å². The fourth-order valence-electron chi connectivity index (χ4n) is 0.241. The van der Waals surface area contributed by atoms with Crippen LogP contribution in [0.1, 0.15) is 6.42 Å². The van der Waals surface area contributed by atoms with Crippen LogP contribution in [0.3, 0.4) is 0 Å². The summed E-state index contributed by atoms with van der Waals surface area (Å²) in [7, 11) is -10.2. The van der Waals surface area contributed by atoms with E-state index in [9.17, 15) is 13.0 Å². The van der Waals surface area contributed by atoms with Gasteiger partial charge in [-0.2, -0.15) is 8.42 Å².